The van der Waals surface area contributed by atoms with Crippen LogP contribution in [0.15, 0.2) is 30.6 Å². The molecule has 0 unspecified atom stereocenters. The summed E-state index contributed by atoms with van der Waals surface area (Å²) in [7, 11) is 3.26. The van der Waals surface area contributed by atoms with Crippen molar-refractivity contribution in [1.29, 1.82) is 0 Å². The van der Waals surface area contributed by atoms with E-state index in [9.17, 15) is 19.1 Å². The van der Waals surface area contributed by atoms with Gasteiger partial charge in [0, 0.05) is 25.2 Å². The van der Waals surface area contributed by atoms with Crippen molar-refractivity contribution in [3.8, 4) is 11.3 Å². The number of carbonyl (C=O) groups is 2. The number of carbonyl (C=O) groups excluding carboxylic acids is 1. The molecule has 35 heavy (non-hydrogen) atoms. The second-order valence-corrected chi connectivity index (χ2v) is 9.08. The van der Waals surface area contributed by atoms with Gasteiger partial charge in [-0.15, -0.1) is 0 Å². The Morgan fingerprint density at radius 2 is 1.97 bits per heavy atom. The van der Waals surface area contributed by atoms with Crippen molar-refractivity contribution in [3.63, 3.8) is 0 Å². The summed E-state index contributed by atoms with van der Waals surface area (Å²) in [6.45, 7) is 12.0. The van der Waals surface area contributed by atoms with E-state index >= 15 is 0 Å². The molecule has 180 valence electrons. The molecule has 0 aliphatic heterocycles. The summed E-state index contributed by atoms with van der Waals surface area (Å²) in [6.07, 6.45) is 0.908. The maximum Gasteiger partial charge on any atom is 0.415 e. The molecule has 1 aromatic carbocycles. The van der Waals surface area contributed by atoms with Crippen LogP contribution in [0.3, 0.4) is 0 Å². The van der Waals surface area contributed by atoms with E-state index in [2.05, 4.69) is 14.8 Å². The molecule has 3 heterocycles. The third kappa shape index (κ3) is 4.38. The first-order chi connectivity index (χ1) is 16.4. The van der Waals surface area contributed by atoms with E-state index in [4.69, 9.17) is 11.3 Å². The van der Waals surface area contributed by atoms with E-state index in [1.807, 2.05) is 0 Å². The van der Waals surface area contributed by atoms with Gasteiger partial charge in [0.2, 0.25) is 0 Å². The van der Waals surface area contributed by atoms with Gasteiger partial charge in [-0.25, -0.2) is 24.0 Å². The van der Waals surface area contributed by atoms with Crippen LogP contribution in [0.5, 0.6) is 0 Å². The van der Waals surface area contributed by atoms with E-state index in [-0.39, 0.29) is 17.2 Å². The fraction of sp³-hybridized carbons (Fsp3) is 0.292. The molecule has 0 radical (unpaired) electrons. The van der Waals surface area contributed by atoms with E-state index < -0.39 is 30.0 Å². The first-order valence-corrected chi connectivity index (χ1v) is 10.6. The molecule has 0 aliphatic carbocycles. The molecule has 4 aromatic rings. The predicted molar refractivity (Wildman–Crippen MR) is 128 cm³/mol. The quantitative estimate of drug-likeness (QED) is 0.425. The summed E-state index contributed by atoms with van der Waals surface area (Å²) in [5, 5.41) is 10.2. The molecule has 1 amide bonds. The van der Waals surface area contributed by atoms with Crippen LogP contribution in [0.4, 0.5) is 20.7 Å². The van der Waals surface area contributed by atoms with Gasteiger partial charge in [-0.05, 0) is 50.6 Å². The topological polar surface area (TPSA) is 107 Å². The Hall–Kier alpha value is -4.46. The third-order valence-electron chi connectivity index (χ3n) is 5.27. The van der Waals surface area contributed by atoms with Crippen molar-refractivity contribution >= 4 is 45.6 Å². The number of aromatic nitrogens is 4. The summed E-state index contributed by atoms with van der Waals surface area (Å²) < 4.78 is 22.9. The fourth-order valence-corrected chi connectivity index (χ4v) is 3.87. The first-order valence-electron chi connectivity index (χ1n) is 10.6. The van der Waals surface area contributed by atoms with Crippen LogP contribution >= 0.6 is 0 Å². The minimum absolute atomic E-state index is 0.0797. The van der Waals surface area contributed by atoms with Gasteiger partial charge in [0.25, 0.3) is 0 Å². The van der Waals surface area contributed by atoms with Crippen molar-refractivity contribution in [2.45, 2.75) is 32.9 Å². The average molecular weight is 478 g/mol. The number of fused-ring (bicyclic) bond motifs is 3. The van der Waals surface area contributed by atoms with E-state index in [0.29, 0.717) is 27.7 Å². The molecular weight excluding hydrogens is 455 g/mol. The Balaban J connectivity index is 2.04. The predicted octanol–water partition coefficient (Wildman–Crippen LogP) is 4.74. The molecule has 0 bridgehead atoms. The Kier molecular flexibility index (Phi) is 5.68. The molecule has 0 atom stereocenters. The zero-order chi connectivity index (χ0) is 25.7. The van der Waals surface area contributed by atoms with Crippen LogP contribution in [0.2, 0.25) is 0 Å². The van der Waals surface area contributed by atoms with Crippen molar-refractivity contribution in [2.75, 3.05) is 11.9 Å². The molecule has 11 heteroatoms. The SMILES string of the molecule is [C-]#[N+]c1cc(F)cc(-c2cc3c4c(ncn4C)c(N(C)C(=O)OC(C)(C)C)nc3n2CC(=O)O)c1. The fourth-order valence-electron chi connectivity index (χ4n) is 3.87. The lowest BCUT2D eigenvalue weighted by molar-refractivity contribution is -0.137. The lowest BCUT2D eigenvalue weighted by Crippen LogP contribution is -2.34. The number of ether oxygens (including phenoxy) is 1. The number of nitrogens with zero attached hydrogens (tertiary/aromatic N) is 6. The van der Waals surface area contributed by atoms with Crippen molar-refractivity contribution in [3.05, 3.63) is 47.8 Å². The maximum atomic E-state index is 14.3. The Morgan fingerprint density at radius 3 is 2.60 bits per heavy atom. The highest BCUT2D eigenvalue weighted by Crippen LogP contribution is 2.36. The minimum atomic E-state index is -1.14. The monoisotopic (exact) mass is 478 g/mol. The molecule has 0 fully saturated rings. The smallest absolute Gasteiger partial charge is 0.415 e. The van der Waals surface area contributed by atoms with E-state index in [1.54, 1.807) is 44.8 Å². The van der Waals surface area contributed by atoms with E-state index in [0.717, 1.165) is 6.07 Å². The molecule has 0 aliphatic rings. The molecule has 0 saturated heterocycles. The maximum absolute atomic E-state index is 14.3. The highest BCUT2D eigenvalue weighted by molar-refractivity contribution is 6.10. The number of aryl methyl sites for hydroxylation is 1. The average Bonchev–Trinajstić information content (AvgIpc) is 3.31. The molecule has 4 rings (SSSR count). The number of hydrogen-bond acceptors (Lipinski definition) is 5. The van der Waals surface area contributed by atoms with Gasteiger partial charge in [0.15, 0.2) is 11.5 Å². The second kappa shape index (κ2) is 8.39. The number of aliphatic carboxylic acids is 1. The van der Waals surface area contributed by atoms with Crippen molar-refractivity contribution in [2.24, 2.45) is 7.05 Å². The van der Waals surface area contributed by atoms with Gasteiger partial charge in [-0.2, -0.15) is 0 Å². The van der Waals surface area contributed by atoms with Gasteiger partial charge < -0.3 is 19.0 Å². The highest BCUT2D eigenvalue weighted by atomic mass is 19.1. The van der Waals surface area contributed by atoms with Crippen LogP contribution in [0.25, 0.3) is 38.2 Å². The van der Waals surface area contributed by atoms with Crippen LogP contribution in [-0.2, 0) is 23.1 Å². The number of hydrogen-bond donors (Lipinski definition) is 1. The molecule has 1 N–H and O–H groups in total. The Bertz CT molecular complexity index is 1540. The number of imidazole rings is 1. The lowest BCUT2D eigenvalue weighted by atomic mass is 10.1. The highest BCUT2D eigenvalue weighted by Gasteiger charge is 2.27. The van der Waals surface area contributed by atoms with Gasteiger partial charge in [-0.1, -0.05) is 0 Å². The van der Waals surface area contributed by atoms with Gasteiger partial charge in [0.1, 0.15) is 29.1 Å². The van der Waals surface area contributed by atoms with Gasteiger partial charge >= 0.3 is 12.1 Å². The summed E-state index contributed by atoms with van der Waals surface area (Å²) in [6, 6.07) is 5.51. The number of carboxylic acids is 1. The summed E-state index contributed by atoms with van der Waals surface area (Å²) >= 11 is 0. The summed E-state index contributed by atoms with van der Waals surface area (Å²) in [5.41, 5.74) is 1.30. The Labute approximate surface area is 200 Å². The number of benzene rings is 1. The Morgan fingerprint density at radius 1 is 1.26 bits per heavy atom. The number of pyridine rings is 1. The van der Waals surface area contributed by atoms with Gasteiger partial charge in [-0.3, -0.25) is 9.69 Å². The summed E-state index contributed by atoms with van der Waals surface area (Å²) in [5.74, 6) is -1.58. The largest absolute Gasteiger partial charge is 0.480 e. The standard InChI is InChI=1S/C24H23FN6O4/c1-24(2,3)35-23(34)30(6)22-19-20(29(5)12-27-19)16-10-17(31(11-18(32)33)21(16)28-22)13-7-14(25)9-15(8-13)26-4/h7-10,12H,11H2,1-3,5-6H3,(H,32,33). The molecule has 0 spiro atoms. The number of amides is 1. The molecule has 3 aromatic heterocycles. The number of halogens is 1. The summed E-state index contributed by atoms with van der Waals surface area (Å²) in [4.78, 5) is 38.1. The van der Waals surface area contributed by atoms with Crippen LogP contribution < -0.4 is 4.90 Å². The third-order valence-corrected chi connectivity index (χ3v) is 5.27. The number of anilines is 1. The zero-order valence-electron chi connectivity index (χ0n) is 19.8. The van der Waals surface area contributed by atoms with Crippen LogP contribution in [-0.4, -0.2) is 48.9 Å². The normalized spacial score (nSPS) is 11.6. The lowest BCUT2D eigenvalue weighted by Gasteiger charge is -2.24. The van der Waals surface area contributed by atoms with Crippen LogP contribution in [0, 0.1) is 12.4 Å². The van der Waals surface area contributed by atoms with Crippen molar-refractivity contribution in [1.82, 2.24) is 19.1 Å². The molecular formula is C24H23FN6O4. The molecule has 10 nitrogen and oxygen atoms in total. The minimum Gasteiger partial charge on any atom is -0.480 e. The van der Waals surface area contributed by atoms with Crippen molar-refractivity contribution < 1.29 is 23.8 Å². The second-order valence-electron chi connectivity index (χ2n) is 9.08. The van der Waals surface area contributed by atoms with E-state index in [1.165, 1.54) is 28.6 Å². The zero-order valence-corrected chi connectivity index (χ0v) is 19.8. The molecule has 0 saturated carbocycles. The number of carboxylic acid groups (broad SMARTS) is 1. The first kappa shape index (κ1) is 23.7. The van der Waals surface area contributed by atoms with Gasteiger partial charge in [0.05, 0.1) is 18.4 Å². The number of rotatable bonds is 4. The van der Waals surface area contributed by atoms with Crippen LogP contribution in [0.1, 0.15) is 20.8 Å².